The molecule has 0 bridgehead atoms. The predicted octanol–water partition coefficient (Wildman–Crippen LogP) is 2.01. The molecule has 2 aromatic carbocycles. The summed E-state index contributed by atoms with van der Waals surface area (Å²) < 4.78 is 13.3. The molecule has 2 aromatic rings. The Labute approximate surface area is 103 Å². The van der Waals surface area contributed by atoms with Crippen molar-refractivity contribution in [2.45, 2.75) is 5.60 Å². The minimum atomic E-state index is -1.82. The molecule has 3 nitrogen and oxygen atoms in total. The van der Waals surface area contributed by atoms with Crippen molar-refractivity contribution in [3.8, 4) is 0 Å². The molecule has 0 saturated carbocycles. The second-order valence-electron chi connectivity index (χ2n) is 4.22. The predicted molar refractivity (Wildman–Crippen MR) is 64.5 cm³/mol. The number of benzene rings is 2. The Morgan fingerprint density at radius 1 is 1.11 bits per heavy atom. The molecule has 1 amide bonds. The third kappa shape index (κ3) is 1.36. The second kappa shape index (κ2) is 3.65. The SMILES string of the molecule is O=C1Nc2ccc(F)cc2[C@@]1(O)c1ccccc1. The first kappa shape index (κ1) is 10.9. The molecule has 2 N–H and O–H groups in total. The molecule has 0 radical (unpaired) electrons. The molecule has 4 heteroatoms. The lowest BCUT2D eigenvalue weighted by atomic mass is 9.87. The van der Waals surface area contributed by atoms with Crippen LogP contribution < -0.4 is 5.32 Å². The van der Waals surface area contributed by atoms with Crippen LogP contribution >= 0.6 is 0 Å². The maximum absolute atomic E-state index is 13.3. The molecule has 0 aromatic heterocycles. The molecule has 90 valence electrons. The van der Waals surface area contributed by atoms with Crippen molar-refractivity contribution in [3.05, 3.63) is 65.5 Å². The zero-order chi connectivity index (χ0) is 12.8. The van der Waals surface area contributed by atoms with Gasteiger partial charge in [-0.15, -0.1) is 0 Å². The Morgan fingerprint density at radius 3 is 2.56 bits per heavy atom. The number of hydrogen-bond acceptors (Lipinski definition) is 2. The van der Waals surface area contributed by atoms with Gasteiger partial charge in [0.1, 0.15) is 5.82 Å². The molecule has 0 saturated heterocycles. The van der Waals surface area contributed by atoms with Gasteiger partial charge in [-0.25, -0.2) is 4.39 Å². The smallest absolute Gasteiger partial charge is 0.265 e. The van der Waals surface area contributed by atoms with E-state index < -0.39 is 17.3 Å². The molecule has 0 unspecified atom stereocenters. The summed E-state index contributed by atoms with van der Waals surface area (Å²) in [7, 11) is 0. The highest BCUT2D eigenvalue weighted by Crippen LogP contribution is 2.40. The minimum absolute atomic E-state index is 0.249. The van der Waals surface area contributed by atoms with Crippen LogP contribution in [0, 0.1) is 5.82 Å². The average Bonchev–Trinajstić information content (AvgIpc) is 2.64. The van der Waals surface area contributed by atoms with Crippen LogP contribution in [0.3, 0.4) is 0 Å². The quantitative estimate of drug-likeness (QED) is 0.805. The molecule has 1 heterocycles. The van der Waals surface area contributed by atoms with E-state index in [-0.39, 0.29) is 5.56 Å². The van der Waals surface area contributed by atoms with Gasteiger partial charge in [-0.05, 0) is 23.8 Å². The Kier molecular flexibility index (Phi) is 2.21. The lowest BCUT2D eigenvalue weighted by molar-refractivity contribution is -0.129. The summed E-state index contributed by atoms with van der Waals surface area (Å²) in [5.41, 5.74) is -0.711. The van der Waals surface area contributed by atoms with Gasteiger partial charge >= 0.3 is 0 Å². The van der Waals surface area contributed by atoms with Crippen molar-refractivity contribution in [2.24, 2.45) is 0 Å². The second-order valence-corrected chi connectivity index (χ2v) is 4.22. The maximum Gasteiger partial charge on any atom is 0.265 e. The van der Waals surface area contributed by atoms with Crippen molar-refractivity contribution in [1.29, 1.82) is 0 Å². The van der Waals surface area contributed by atoms with Gasteiger partial charge in [-0.3, -0.25) is 4.79 Å². The summed E-state index contributed by atoms with van der Waals surface area (Å²) in [4.78, 5) is 12.0. The largest absolute Gasteiger partial charge is 0.372 e. The number of aliphatic hydroxyl groups is 1. The number of amides is 1. The molecule has 3 rings (SSSR count). The summed E-state index contributed by atoms with van der Waals surface area (Å²) in [5, 5.41) is 13.2. The summed E-state index contributed by atoms with van der Waals surface area (Å²) in [5.74, 6) is -1.05. The average molecular weight is 243 g/mol. The molecule has 1 atom stereocenters. The van der Waals surface area contributed by atoms with Crippen molar-refractivity contribution in [3.63, 3.8) is 0 Å². The van der Waals surface area contributed by atoms with Crippen LogP contribution in [0.25, 0.3) is 0 Å². The standard InChI is InChI=1S/C14H10FNO2/c15-10-6-7-12-11(8-10)14(18,13(17)16-12)9-4-2-1-3-5-9/h1-8,18H,(H,16,17)/t14-/m0/s1. The fourth-order valence-electron chi connectivity index (χ4n) is 2.23. The first-order valence-corrected chi connectivity index (χ1v) is 5.52. The highest BCUT2D eigenvalue weighted by Gasteiger charge is 2.46. The van der Waals surface area contributed by atoms with Crippen LogP contribution in [0.4, 0.5) is 10.1 Å². The van der Waals surface area contributed by atoms with Crippen LogP contribution in [0.2, 0.25) is 0 Å². The normalized spacial score (nSPS) is 21.6. The van der Waals surface area contributed by atoms with E-state index in [1.807, 2.05) is 0 Å². The number of rotatable bonds is 1. The summed E-state index contributed by atoms with van der Waals surface area (Å²) >= 11 is 0. The van der Waals surface area contributed by atoms with Gasteiger partial charge in [-0.1, -0.05) is 30.3 Å². The summed E-state index contributed by atoms with van der Waals surface area (Å²) in [6, 6.07) is 12.4. The molecule has 18 heavy (non-hydrogen) atoms. The van der Waals surface area contributed by atoms with E-state index in [0.717, 1.165) is 0 Å². The molecule has 1 aliphatic rings. The topological polar surface area (TPSA) is 49.3 Å². The van der Waals surface area contributed by atoms with Crippen molar-refractivity contribution < 1.29 is 14.3 Å². The zero-order valence-electron chi connectivity index (χ0n) is 9.35. The van der Waals surface area contributed by atoms with E-state index in [0.29, 0.717) is 11.3 Å². The van der Waals surface area contributed by atoms with Crippen LogP contribution in [0.15, 0.2) is 48.5 Å². The van der Waals surface area contributed by atoms with Crippen molar-refractivity contribution in [2.75, 3.05) is 5.32 Å². The first-order valence-electron chi connectivity index (χ1n) is 5.52. The third-order valence-electron chi connectivity index (χ3n) is 3.14. The van der Waals surface area contributed by atoms with Gasteiger partial charge in [0.25, 0.3) is 5.91 Å². The van der Waals surface area contributed by atoms with E-state index in [9.17, 15) is 14.3 Å². The van der Waals surface area contributed by atoms with Gasteiger partial charge in [-0.2, -0.15) is 0 Å². The van der Waals surface area contributed by atoms with Crippen molar-refractivity contribution >= 4 is 11.6 Å². The fraction of sp³-hybridized carbons (Fsp3) is 0.0714. The van der Waals surface area contributed by atoms with Crippen molar-refractivity contribution in [1.82, 2.24) is 0 Å². The van der Waals surface area contributed by atoms with Crippen LogP contribution in [-0.2, 0) is 10.4 Å². The Morgan fingerprint density at radius 2 is 1.83 bits per heavy atom. The van der Waals surface area contributed by atoms with Gasteiger partial charge in [0.2, 0.25) is 0 Å². The van der Waals surface area contributed by atoms with Crippen LogP contribution in [-0.4, -0.2) is 11.0 Å². The van der Waals surface area contributed by atoms with E-state index in [4.69, 9.17) is 0 Å². The van der Waals surface area contributed by atoms with Gasteiger partial charge in [0.05, 0.1) is 0 Å². The number of anilines is 1. The summed E-state index contributed by atoms with van der Waals surface area (Å²) in [6.07, 6.45) is 0. The van der Waals surface area contributed by atoms with E-state index in [2.05, 4.69) is 5.32 Å². The van der Waals surface area contributed by atoms with E-state index in [1.165, 1.54) is 18.2 Å². The lowest BCUT2D eigenvalue weighted by Gasteiger charge is -2.21. The molecule has 0 spiro atoms. The molecular formula is C14H10FNO2. The van der Waals surface area contributed by atoms with Gasteiger partial charge in [0.15, 0.2) is 5.60 Å². The van der Waals surface area contributed by atoms with Crippen LogP contribution in [0.1, 0.15) is 11.1 Å². The number of fused-ring (bicyclic) bond motifs is 1. The number of carbonyl (C=O) groups is 1. The summed E-state index contributed by atoms with van der Waals surface area (Å²) in [6.45, 7) is 0. The Bertz CT molecular complexity index is 627. The third-order valence-corrected chi connectivity index (χ3v) is 3.14. The van der Waals surface area contributed by atoms with Gasteiger partial charge in [0, 0.05) is 11.3 Å². The monoisotopic (exact) mass is 243 g/mol. The minimum Gasteiger partial charge on any atom is -0.372 e. The molecule has 1 aliphatic heterocycles. The fourth-order valence-corrected chi connectivity index (χ4v) is 2.23. The number of halogens is 1. The van der Waals surface area contributed by atoms with Crippen LogP contribution in [0.5, 0.6) is 0 Å². The zero-order valence-corrected chi connectivity index (χ0v) is 9.35. The van der Waals surface area contributed by atoms with E-state index in [1.54, 1.807) is 30.3 Å². The Balaban J connectivity index is 2.25. The molecule has 0 aliphatic carbocycles. The number of carbonyl (C=O) groups excluding carboxylic acids is 1. The lowest BCUT2D eigenvalue weighted by Crippen LogP contribution is -2.35. The number of nitrogens with one attached hydrogen (secondary N) is 1. The Hall–Kier alpha value is -2.20. The molecular weight excluding hydrogens is 233 g/mol. The first-order chi connectivity index (χ1) is 8.62. The van der Waals surface area contributed by atoms with Gasteiger partial charge < -0.3 is 10.4 Å². The number of hydrogen-bond donors (Lipinski definition) is 2. The highest BCUT2D eigenvalue weighted by atomic mass is 19.1. The van der Waals surface area contributed by atoms with E-state index >= 15 is 0 Å². The highest BCUT2D eigenvalue weighted by molar-refractivity contribution is 6.07. The molecule has 0 fully saturated rings. The maximum atomic E-state index is 13.3.